The van der Waals surface area contributed by atoms with Crippen LogP contribution in [0.1, 0.15) is 28.2 Å². The van der Waals surface area contributed by atoms with Crippen LogP contribution in [0.4, 0.5) is 4.39 Å². The summed E-state index contributed by atoms with van der Waals surface area (Å²) < 4.78 is 20.8. The van der Waals surface area contributed by atoms with E-state index in [0.29, 0.717) is 25.2 Å². The molecule has 5 rings (SSSR count). The summed E-state index contributed by atoms with van der Waals surface area (Å²) in [5, 5.41) is 1.74. The van der Waals surface area contributed by atoms with Gasteiger partial charge in [-0.15, -0.1) is 0 Å². The number of carbonyl (C=O) groups is 2. The van der Waals surface area contributed by atoms with Gasteiger partial charge in [-0.3, -0.25) is 9.59 Å². The first-order valence-corrected chi connectivity index (χ1v) is 11.2. The first kappa shape index (κ1) is 21.8. The SMILES string of the molecule is COC(=O)Cn1c(C)c(C2=CCN(C(=O)c3ccc4ccccc4n3)CC2)c2cc(F)ccc21. The summed E-state index contributed by atoms with van der Waals surface area (Å²) in [7, 11) is 1.35. The zero-order valence-electron chi connectivity index (χ0n) is 19.0. The number of esters is 1. The van der Waals surface area contributed by atoms with E-state index in [1.165, 1.54) is 19.2 Å². The maximum Gasteiger partial charge on any atom is 0.325 e. The number of hydrogen-bond donors (Lipinski definition) is 0. The van der Waals surface area contributed by atoms with Crippen molar-refractivity contribution in [1.29, 1.82) is 0 Å². The Morgan fingerprint density at radius 1 is 1.12 bits per heavy atom. The molecule has 6 nitrogen and oxygen atoms in total. The molecule has 0 saturated heterocycles. The number of para-hydroxylation sites is 1. The number of halogens is 1. The van der Waals surface area contributed by atoms with Gasteiger partial charge in [0, 0.05) is 40.6 Å². The van der Waals surface area contributed by atoms with E-state index >= 15 is 0 Å². The minimum absolute atomic E-state index is 0.0516. The van der Waals surface area contributed by atoms with Gasteiger partial charge < -0.3 is 14.2 Å². The van der Waals surface area contributed by atoms with Crippen molar-refractivity contribution in [3.63, 3.8) is 0 Å². The summed E-state index contributed by atoms with van der Waals surface area (Å²) in [5.74, 6) is -0.815. The molecule has 34 heavy (non-hydrogen) atoms. The van der Waals surface area contributed by atoms with Gasteiger partial charge in [0.2, 0.25) is 0 Å². The summed E-state index contributed by atoms with van der Waals surface area (Å²) in [5.41, 5.74) is 4.80. The quantitative estimate of drug-likeness (QED) is 0.415. The number of carbonyl (C=O) groups excluding carboxylic acids is 2. The van der Waals surface area contributed by atoms with Crippen molar-refractivity contribution >= 4 is 39.3 Å². The van der Waals surface area contributed by atoms with Gasteiger partial charge in [-0.25, -0.2) is 9.37 Å². The molecule has 0 bridgehead atoms. The molecule has 0 spiro atoms. The molecule has 0 unspecified atom stereocenters. The molecule has 172 valence electrons. The Kier molecular flexibility index (Phi) is 5.61. The summed E-state index contributed by atoms with van der Waals surface area (Å²) in [6.07, 6.45) is 2.63. The largest absolute Gasteiger partial charge is 0.468 e. The Bertz CT molecular complexity index is 1470. The summed E-state index contributed by atoms with van der Waals surface area (Å²) in [6, 6.07) is 16.0. The Morgan fingerprint density at radius 2 is 1.94 bits per heavy atom. The van der Waals surface area contributed by atoms with Gasteiger partial charge in [-0.1, -0.05) is 30.3 Å². The van der Waals surface area contributed by atoms with Crippen molar-refractivity contribution < 1.29 is 18.7 Å². The standard InChI is InChI=1S/C27H24FN3O3/c1-17-26(21-15-20(28)8-10-24(21)31(17)16-25(32)34-2)19-11-13-30(14-12-19)27(33)23-9-7-18-5-3-4-6-22(18)29-23/h3-11,15H,12-14,16H2,1-2H3. The van der Waals surface area contributed by atoms with Crippen molar-refractivity contribution in [2.45, 2.75) is 19.9 Å². The van der Waals surface area contributed by atoms with Crippen LogP contribution in [0.3, 0.4) is 0 Å². The molecule has 4 aromatic rings. The zero-order chi connectivity index (χ0) is 23.8. The lowest BCUT2D eigenvalue weighted by Crippen LogP contribution is -2.35. The van der Waals surface area contributed by atoms with E-state index in [1.807, 2.05) is 47.9 Å². The number of pyridine rings is 1. The van der Waals surface area contributed by atoms with E-state index in [9.17, 15) is 14.0 Å². The lowest BCUT2D eigenvalue weighted by molar-refractivity contribution is -0.141. The summed E-state index contributed by atoms with van der Waals surface area (Å²) in [6.45, 7) is 2.93. The smallest absolute Gasteiger partial charge is 0.325 e. The van der Waals surface area contributed by atoms with E-state index < -0.39 is 0 Å². The normalized spacial score (nSPS) is 13.9. The molecule has 3 heterocycles. The Balaban J connectivity index is 1.45. The average molecular weight is 458 g/mol. The van der Waals surface area contributed by atoms with Crippen molar-refractivity contribution in [2.75, 3.05) is 20.2 Å². The number of nitrogens with zero attached hydrogens (tertiary/aromatic N) is 3. The number of hydrogen-bond acceptors (Lipinski definition) is 4. The van der Waals surface area contributed by atoms with E-state index in [0.717, 1.165) is 38.6 Å². The molecule has 0 aliphatic carbocycles. The van der Waals surface area contributed by atoms with Gasteiger partial charge in [-0.2, -0.15) is 0 Å². The molecule has 1 aliphatic rings. The maximum absolute atomic E-state index is 14.1. The first-order valence-electron chi connectivity index (χ1n) is 11.2. The second kappa shape index (κ2) is 8.74. The molecule has 7 heteroatoms. The minimum Gasteiger partial charge on any atom is -0.468 e. The third-order valence-electron chi connectivity index (χ3n) is 6.44. The molecule has 0 saturated carbocycles. The van der Waals surface area contributed by atoms with Crippen molar-refractivity contribution in [3.8, 4) is 0 Å². The van der Waals surface area contributed by atoms with Gasteiger partial charge in [0.15, 0.2) is 0 Å². The fraction of sp³-hybridized carbons (Fsp3) is 0.222. The Hall–Kier alpha value is -4.00. The molecule has 1 amide bonds. The number of benzene rings is 2. The lowest BCUT2D eigenvalue weighted by Gasteiger charge is -2.26. The van der Waals surface area contributed by atoms with Crippen LogP contribution in [0.25, 0.3) is 27.4 Å². The minimum atomic E-state index is -0.367. The van der Waals surface area contributed by atoms with Crippen LogP contribution in [0.2, 0.25) is 0 Å². The predicted molar refractivity (Wildman–Crippen MR) is 129 cm³/mol. The van der Waals surface area contributed by atoms with Gasteiger partial charge in [-0.05, 0) is 49.2 Å². The topological polar surface area (TPSA) is 64.4 Å². The Morgan fingerprint density at radius 3 is 2.71 bits per heavy atom. The van der Waals surface area contributed by atoms with E-state index in [-0.39, 0.29) is 24.2 Å². The van der Waals surface area contributed by atoms with Crippen molar-refractivity contribution in [3.05, 3.63) is 83.4 Å². The highest BCUT2D eigenvalue weighted by Gasteiger charge is 2.24. The summed E-state index contributed by atoms with van der Waals surface area (Å²) >= 11 is 0. The highest BCUT2D eigenvalue weighted by molar-refractivity contribution is 5.98. The molecule has 0 fully saturated rings. The second-order valence-electron chi connectivity index (χ2n) is 8.40. The van der Waals surface area contributed by atoms with Crippen molar-refractivity contribution in [1.82, 2.24) is 14.5 Å². The number of ether oxygens (including phenoxy) is 1. The lowest BCUT2D eigenvalue weighted by atomic mass is 9.96. The molecule has 0 N–H and O–H groups in total. The number of methoxy groups -OCH3 is 1. The highest BCUT2D eigenvalue weighted by atomic mass is 19.1. The number of amides is 1. The van der Waals surface area contributed by atoms with Gasteiger partial charge in [0.25, 0.3) is 5.91 Å². The third-order valence-corrected chi connectivity index (χ3v) is 6.44. The van der Waals surface area contributed by atoms with Crippen molar-refractivity contribution in [2.24, 2.45) is 0 Å². The summed E-state index contributed by atoms with van der Waals surface area (Å²) in [4.78, 5) is 31.4. The molecule has 2 aromatic carbocycles. The molecule has 0 radical (unpaired) electrons. The van der Waals surface area contributed by atoms with Crippen LogP contribution in [0.15, 0.2) is 60.7 Å². The highest BCUT2D eigenvalue weighted by Crippen LogP contribution is 2.35. The first-order chi connectivity index (χ1) is 16.5. The number of fused-ring (bicyclic) bond motifs is 2. The fourth-order valence-electron chi connectivity index (χ4n) is 4.68. The van der Waals surface area contributed by atoms with Crippen LogP contribution in [0, 0.1) is 12.7 Å². The van der Waals surface area contributed by atoms with Crippen LogP contribution in [-0.2, 0) is 16.1 Å². The zero-order valence-corrected chi connectivity index (χ0v) is 19.0. The van der Waals surface area contributed by atoms with Crippen LogP contribution in [-0.4, -0.2) is 46.5 Å². The van der Waals surface area contributed by atoms with E-state index in [1.54, 1.807) is 17.0 Å². The third kappa shape index (κ3) is 3.83. The van der Waals surface area contributed by atoms with Gasteiger partial charge in [0.05, 0.1) is 12.6 Å². The van der Waals surface area contributed by atoms with E-state index in [4.69, 9.17) is 4.74 Å². The Labute approximate surface area is 196 Å². The predicted octanol–water partition coefficient (Wildman–Crippen LogP) is 4.74. The van der Waals surface area contributed by atoms with Gasteiger partial charge in [0.1, 0.15) is 18.1 Å². The van der Waals surface area contributed by atoms with Crippen LogP contribution < -0.4 is 0 Å². The molecule has 2 aromatic heterocycles. The second-order valence-corrected chi connectivity index (χ2v) is 8.40. The molecule has 0 atom stereocenters. The van der Waals surface area contributed by atoms with Gasteiger partial charge >= 0.3 is 5.97 Å². The fourth-order valence-corrected chi connectivity index (χ4v) is 4.68. The molecular formula is C27H24FN3O3. The number of aromatic nitrogens is 2. The average Bonchev–Trinajstić information content (AvgIpc) is 3.13. The maximum atomic E-state index is 14.1. The van der Waals surface area contributed by atoms with Crippen LogP contribution in [0.5, 0.6) is 0 Å². The molecular weight excluding hydrogens is 433 g/mol. The van der Waals surface area contributed by atoms with E-state index in [2.05, 4.69) is 4.98 Å². The van der Waals surface area contributed by atoms with Crippen LogP contribution >= 0.6 is 0 Å². The molecule has 1 aliphatic heterocycles. The monoisotopic (exact) mass is 457 g/mol. The number of rotatable bonds is 4.